The van der Waals surface area contributed by atoms with Crippen LogP contribution < -0.4 is 0 Å². The molecule has 0 spiro atoms. The van der Waals surface area contributed by atoms with Crippen molar-refractivity contribution in [2.75, 3.05) is 7.05 Å². The number of amides is 1. The molecule has 20 heavy (non-hydrogen) atoms. The molecule has 1 aromatic rings. The molecular formula is C14H23N3O3. The van der Waals surface area contributed by atoms with Crippen molar-refractivity contribution in [3.05, 3.63) is 17.0 Å². The summed E-state index contributed by atoms with van der Waals surface area (Å²) >= 11 is 0. The fourth-order valence-corrected chi connectivity index (χ4v) is 2.03. The average molecular weight is 281 g/mol. The first-order chi connectivity index (χ1) is 9.09. The van der Waals surface area contributed by atoms with E-state index in [4.69, 9.17) is 5.11 Å². The minimum absolute atomic E-state index is 0.181. The highest BCUT2D eigenvalue weighted by Gasteiger charge is 2.34. The zero-order valence-electron chi connectivity index (χ0n) is 13.0. The summed E-state index contributed by atoms with van der Waals surface area (Å²) in [5.41, 5.74) is 1.81. The van der Waals surface area contributed by atoms with E-state index in [1.54, 1.807) is 4.68 Å². The maximum atomic E-state index is 12.1. The summed E-state index contributed by atoms with van der Waals surface area (Å²) in [5.74, 6) is -1.19. The topological polar surface area (TPSA) is 75.4 Å². The van der Waals surface area contributed by atoms with Crippen LogP contribution in [0.25, 0.3) is 0 Å². The first kappa shape index (κ1) is 16.2. The Hall–Kier alpha value is -1.85. The number of aliphatic carboxylic acids is 1. The van der Waals surface area contributed by atoms with Gasteiger partial charge >= 0.3 is 5.97 Å². The molecule has 1 heterocycles. The molecule has 1 N–H and O–H groups in total. The number of carboxylic acids is 1. The van der Waals surface area contributed by atoms with E-state index in [9.17, 15) is 9.59 Å². The number of carboxylic acid groups (broad SMARTS) is 1. The zero-order chi connectivity index (χ0) is 15.7. The molecule has 0 aliphatic rings. The molecule has 0 saturated carbocycles. The summed E-state index contributed by atoms with van der Waals surface area (Å²) < 4.78 is 1.79. The van der Waals surface area contributed by atoms with Gasteiger partial charge in [0.2, 0.25) is 5.91 Å². The van der Waals surface area contributed by atoms with Gasteiger partial charge in [0.05, 0.1) is 5.69 Å². The number of hydrogen-bond acceptors (Lipinski definition) is 3. The summed E-state index contributed by atoms with van der Waals surface area (Å²) in [6.07, 6.45) is 0.852. The Balaban J connectivity index is 2.75. The predicted molar refractivity (Wildman–Crippen MR) is 75.5 cm³/mol. The molecule has 1 amide bonds. The van der Waals surface area contributed by atoms with Crippen LogP contribution >= 0.6 is 0 Å². The number of rotatable bonds is 5. The van der Waals surface area contributed by atoms with Crippen molar-refractivity contribution in [1.82, 2.24) is 14.7 Å². The molecule has 0 unspecified atom stereocenters. The maximum absolute atomic E-state index is 12.1. The van der Waals surface area contributed by atoms with Crippen molar-refractivity contribution in [3.8, 4) is 0 Å². The van der Waals surface area contributed by atoms with Crippen LogP contribution in [-0.4, -0.2) is 44.3 Å². The van der Waals surface area contributed by atoms with Crippen molar-refractivity contribution in [2.45, 2.75) is 46.1 Å². The van der Waals surface area contributed by atoms with Crippen molar-refractivity contribution in [2.24, 2.45) is 7.05 Å². The van der Waals surface area contributed by atoms with Crippen LogP contribution in [0.5, 0.6) is 0 Å². The minimum Gasteiger partial charge on any atom is -0.480 e. The van der Waals surface area contributed by atoms with Crippen molar-refractivity contribution >= 4 is 11.9 Å². The van der Waals surface area contributed by atoms with Gasteiger partial charge in [0.25, 0.3) is 0 Å². The van der Waals surface area contributed by atoms with Gasteiger partial charge in [-0.2, -0.15) is 5.10 Å². The Morgan fingerprint density at radius 1 is 1.35 bits per heavy atom. The average Bonchev–Trinajstić information content (AvgIpc) is 2.59. The highest BCUT2D eigenvalue weighted by Crippen LogP contribution is 2.17. The standard InChI is InChI=1S/C14H23N3O3/c1-9-11(10(2)17(6)15-9)7-8-12(18)16(5)14(3,4)13(19)20/h7-8H2,1-6H3,(H,19,20). The lowest BCUT2D eigenvalue weighted by Gasteiger charge is -2.31. The van der Waals surface area contributed by atoms with Gasteiger partial charge in [-0.05, 0) is 39.7 Å². The molecule has 112 valence electrons. The first-order valence-corrected chi connectivity index (χ1v) is 6.58. The molecule has 0 aromatic carbocycles. The lowest BCUT2D eigenvalue weighted by atomic mass is 10.0. The quantitative estimate of drug-likeness (QED) is 0.882. The lowest BCUT2D eigenvalue weighted by Crippen LogP contribution is -2.50. The molecule has 0 radical (unpaired) electrons. The smallest absolute Gasteiger partial charge is 0.329 e. The fraction of sp³-hybridized carbons (Fsp3) is 0.643. The largest absolute Gasteiger partial charge is 0.480 e. The molecule has 1 rings (SSSR count). The highest BCUT2D eigenvalue weighted by atomic mass is 16.4. The van der Waals surface area contributed by atoms with Gasteiger partial charge in [0, 0.05) is 26.2 Å². The van der Waals surface area contributed by atoms with Gasteiger partial charge in [-0.1, -0.05) is 0 Å². The number of aromatic nitrogens is 2. The maximum Gasteiger partial charge on any atom is 0.329 e. The van der Waals surface area contributed by atoms with Gasteiger partial charge in [0.1, 0.15) is 5.54 Å². The van der Waals surface area contributed by atoms with Crippen LogP contribution in [0.3, 0.4) is 0 Å². The summed E-state index contributed by atoms with van der Waals surface area (Å²) in [5, 5.41) is 13.4. The summed E-state index contributed by atoms with van der Waals surface area (Å²) in [4.78, 5) is 24.6. The SMILES string of the molecule is Cc1nn(C)c(C)c1CCC(=O)N(C)C(C)(C)C(=O)O. The number of aryl methyl sites for hydroxylation is 2. The zero-order valence-corrected chi connectivity index (χ0v) is 13.0. The molecule has 6 nitrogen and oxygen atoms in total. The Morgan fingerprint density at radius 3 is 2.30 bits per heavy atom. The molecule has 0 atom stereocenters. The van der Waals surface area contributed by atoms with Crippen LogP contribution in [0.15, 0.2) is 0 Å². The number of hydrogen-bond donors (Lipinski definition) is 1. The molecule has 0 fully saturated rings. The number of carbonyl (C=O) groups excluding carboxylic acids is 1. The Bertz CT molecular complexity index is 532. The van der Waals surface area contributed by atoms with Crippen LogP contribution in [0.2, 0.25) is 0 Å². The highest BCUT2D eigenvalue weighted by molar-refractivity contribution is 5.86. The third kappa shape index (κ3) is 3.00. The molecule has 1 aromatic heterocycles. The first-order valence-electron chi connectivity index (χ1n) is 6.58. The van der Waals surface area contributed by atoms with Gasteiger partial charge in [-0.3, -0.25) is 9.48 Å². The predicted octanol–water partition coefficient (Wildman–Crippen LogP) is 1.29. The second-order valence-corrected chi connectivity index (χ2v) is 5.59. The molecular weight excluding hydrogens is 258 g/mol. The van der Waals surface area contributed by atoms with E-state index in [2.05, 4.69) is 5.10 Å². The molecule has 0 aliphatic carbocycles. The molecule has 0 aliphatic heterocycles. The number of nitrogens with zero attached hydrogens (tertiary/aromatic N) is 3. The van der Waals surface area contributed by atoms with Gasteiger partial charge in [0.15, 0.2) is 0 Å². The second-order valence-electron chi connectivity index (χ2n) is 5.59. The second kappa shape index (κ2) is 5.64. The third-order valence-electron chi connectivity index (χ3n) is 3.98. The van der Waals surface area contributed by atoms with Gasteiger partial charge < -0.3 is 10.0 Å². The van der Waals surface area contributed by atoms with Crippen LogP contribution in [0.4, 0.5) is 0 Å². The summed E-state index contributed by atoms with van der Waals surface area (Å²) in [6.45, 7) is 6.92. The van der Waals surface area contributed by atoms with Crippen molar-refractivity contribution in [3.63, 3.8) is 0 Å². The number of likely N-dealkylation sites (N-methyl/N-ethyl adjacent to an activating group) is 1. The van der Waals surface area contributed by atoms with Gasteiger partial charge in [-0.15, -0.1) is 0 Å². The lowest BCUT2D eigenvalue weighted by molar-refractivity contribution is -0.155. The monoisotopic (exact) mass is 281 g/mol. The Labute approximate surface area is 119 Å². The van der Waals surface area contributed by atoms with Crippen LogP contribution in [0.1, 0.15) is 37.2 Å². The fourth-order valence-electron chi connectivity index (χ4n) is 2.03. The summed E-state index contributed by atoms with van der Waals surface area (Å²) in [6, 6.07) is 0. The van der Waals surface area contributed by atoms with E-state index in [-0.39, 0.29) is 12.3 Å². The van der Waals surface area contributed by atoms with Crippen molar-refractivity contribution < 1.29 is 14.7 Å². The number of carbonyl (C=O) groups is 2. The van der Waals surface area contributed by atoms with E-state index in [1.165, 1.54) is 25.8 Å². The normalized spacial score (nSPS) is 11.5. The van der Waals surface area contributed by atoms with E-state index < -0.39 is 11.5 Å². The Kier molecular flexibility index (Phi) is 4.57. The Morgan fingerprint density at radius 2 is 1.90 bits per heavy atom. The molecule has 0 saturated heterocycles. The van der Waals surface area contributed by atoms with Crippen molar-refractivity contribution in [1.29, 1.82) is 0 Å². The van der Waals surface area contributed by atoms with Crippen LogP contribution in [0, 0.1) is 13.8 Å². The van der Waals surface area contributed by atoms with Crippen LogP contribution in [-0.2, 0) is 23.1 Å². The molecule has 0 bridgehead atoms. The summed E-state index contributed by atoms with van der Waals surface area (Å²) in [7, 11) is 3.40. The van der Waals surface area contributed by atoms with E-state index in [1.807, 2.05) is 20.9 Å². The third-order valence-corrected chi connectivity index (χ3v) is 3.98. The van der Waals surface area contributed by atoms with E-state index in [0.29, 0.717) is 6.42 Å². The minimum atomic E-state index is -1.20. The van der Waals surface area contributed by atoms with Gasteiger partial charge in [-0.25, -0.2) is 4.79 Å². The van der Waals surface area contributed by atoms with E-state index in [0.717, 1.165) is 17.0 Å². The van der Waals surface area contributed by atoms with E-state index >= 15 is 0 Å². The molecule has 6 heteroatoms.